The second-order valence-corrected chi connectivity index (χ2v) is 3.78. The summed E-state index contributed by atoms with van der Waals surface area (Å²) in [6, 6.07) is 5.95. The average Bonchev–Trinajstić information content (AvgIpc) is 2.45. The number of hydrogen-bond donors (Lipinski definition) is 0. The zero-order valence-corrected chi connectivity index (χ0v) is 8.42. The molecule has 0 aliphatic carbocycles. The van der Waals surface area contributed by atoms with Gasteiger partial charge in [0, 0.05) is 11.9 Å². The van der Waals surface area contributed by atoms with E-state index in [0.717, 1.165) is 17.0 Å². The van der Waals surface area contributed by atoms with Gasteiger partial charge in [-0.15, -0.1) is 11.6 Å². The van der Waals surface area contributed by atoms with Crippen LogP contribution in [0.1, 0.15) is 23.7 Å². The van der Waals surface area contributed by atoms with Crippen LogP contribution in [0.25, 0.3) is 5.65 Å². The molecule has 0 spiro atoms. The molecule has 68 valence electrons. The zero-order chi connectivity index (χ0) is 9.42. The van der Waals surface area contributed by atoms with Crippen molar-refractivity contribution in [2.75, 3.05) is 0 Å². The van der Waals surface area contributed by atoms with Gasteiger partial charge in [-0.3, -0.25) is 0 Å². The lowest BCUT2D eigenvalue weighted by Gasteiger charge is -1.98. The van der Waals surface area contributed by atoms with E-state index >= 15 is 0 Å². The molecule has 1 unspecified atom stereocenters. The summed E-state index contributed by atoms with van der Waals surface area (Å²) in [5.74, 6) is 0. The van der Waals surface area contributed by atoms with E-state index in [2.05, 4.69) is 4.98 Å². The number of rotatable bonds is 1. The molecule has 2 nitrogen and oxygen atoms in total. The van der Waals surface area contributed by atoms with Crippen molar-refractivity contribution in [1.29, 1.82) is 0 Å². The first-order chi connectivity index (χ1) is 6.20. The Balaban J connectivity index is 2.74. The summed E-state index contributed by atoms with van der Waals surface area (Å²) in [5.41, 5.74) is 3.05. The fourth-order valence-corrected chi connectivity index (χ4v) is 1.72. The third-order valence-electron chi connectivity index (χ3n) is 2.18. The van der Waals surface area contributed by atoms with E-state index in [4.69, 9.17) is 11.6 Å². The van der Waals surface area contributed by atoms with E-state index in [-0.39, 0.29) is 5.38 Å². The fraction of sp³-hybridized carbons (Fsp3) is 0.300. The van der Waals surface area contributed by atoms with Gasteiger partial charge in [-0.2, -0.15) is 0 Å². The van der Waals surface area contributed by atoms with Gasteiger partial charge in [0.05, 0.1) is 11.1 Å². The van der Waals surface area contributed by atoms with E-state index in [1.54, 1.807) is 0 Å². The van der Waals surface area contributed by atoms with Crippen molar-refractivity contribution in [1.82, 2.24) is 9.38 Å². The number of aryl methyl sites for hydroxylation is 1. The topological polar surface area (TPSA) is 17.3 Å². The van der Waals surface area contributed by atoms with Crippen LogP contribution < -0.4 is 0 Å². The van der Waals surface area contributed by atoms with Crippen molar-refractivity contribution in [2.45, 2.75) is 19.2 Å². The van der Waals surface area contributed by atoms with Gasteiger partial charge in [-0.25, -0.2) is 4.98 Å². The second kappa shape index (κ2) is 3.04. The highest BCUT2D eigenvalue weighted by atomic mass is 35.5. The van der Waals surface area contributed by atoms with Crippen LogP contribution in [-0.4, -0.2) is 9.38 Å². The minimum Gasteiger partial charge on any atom is -0.304 e. The van der Waals surface area contributed by atoms with Crippen LogP contribution in [0.2, 0.25) is 0 Å². The predicted octanol–water partition coefficient (Wildman–Crippen LogP) is 2.94. The molecule has 2 aromatic heterocycles. The number of imidazole rings is 1. The Morgan fingerprint density at radius 1 is 1.46 bits per heavy atom. The largest absolute Gasteiger partial charge is 0.304 e. The molecular weight excluding hydrogens is 184 g/mol. The van der Waals surface area contributed by atoms with Crippen molar-refractivity contribution >= 4 is 17.2 Å². The van der Waals surface area contributed by atoms with Crippen LogP contribution in [0.4, 0.5) is 0 Å². The van der Waals surface area contributed by atoms with Crippen molar-refractivity contribution < 1.29 is 0 Å². The number of nitrogens with zero attached hydrogens (tertiary/aromatic N) is 2. The maximum absolute atomic E-state index is 6.00. The van der Waals surface area contributed by atoms with Crippen LogP contribution in [0, 0.1) is 6.92 Å². The molecule has 0 amide bonds. The summed E-state index contributed by atoms with van der Waals surface area (Å²) in [5, 5.41) is -0.0279. The van der Waals surface area contributed by atoms with Gasteiger partial charge in [0.25, 0.3) is 0 Å². The first-order valence-corrected chi connectivity index (χ1v) is 4.71. The highest BCUT2D eigenvalue weighted by molar-refractivity contribution is 6.20. The Kier molecular flexibility index (Phi) is 2.00. The van der Waals surface area contributed by atoms with Crippen LogP contribution in [-0.2, 0) is 0 Å². The number of fused-ring (bicyclic) bond motifs is 1. The van der Waals surface area contributed by atoms with E-state index in [9.17, 15) is 0 Å². The van der Waals surface area contributed by atoms with Crippen LogP contribution in [0.3, 0.4) is 0 Å². The molecule has 0 aromatic carbocycles. The molecule has 1 atom stereocenters. The molecule has 0 aliphatic rings. The van der Waals surface area contributed by atoms with E-state index in [1.165, 1.54) is 0 Å². The maximum atomic E-state index is 6.00. The fourth-order valence-electron chi connectivity index (χ4n) is 1.51. The normalized spacial score (nSPS) is 13.5. The summed E-state index contributed by atoms with van der Waals surface area (Å²) in [6.07, 6.45) is 2.00. The first-order valence-electron chi connectivity index (χ1n) is 4.28. The lowest BCUT2D eigenvalue weighted by atomic mass is 10.3. The summed E-state index contributed by atoms with van der Waals surface area (Å²) < 4.78 is 2.05. The Bertz CT molecular complexity index is 431. The minimum atomic E-state index is -0.0279. The number of halogens is 1. The molecule has 0 radical (unpaired) electrons. The highest BCUT2D eigenvalue weighted by Gasteiger charge is 2.11. The minimum absolute atomic E-state index is 0.0279. The smallest absolute Gasteiger partial charge is 0.137 e. The Hall–Kier alpha value is -1.02. The monoisotopic (exact) mass is 194 g/mol. The van der Waals surface area contributed by atoms with E-state index < -0.39 is 0 Å². The van der Waals surface area contributed by atoms with Crippen LogP contribution in [0.5, 0.6) is 0 Å². The zero-order valence-electron chi connectivity index (χ0n) is 7.66. The molecule has 2 rings (SSSR count). The molecular formula is C10H11ClN2. The molecule has 13 heavy (non-hydrogen) atoms. The second-order valence-electron chi connectivity index (χ2n) is 3.13. The van der Waals surface area contributed by atoms with Gasteiger partial charge in [-0.05, 0) is 26.0 Å². The summed E-state index contributed by atoms with van der Waals surface area (Å²) in [7, 11) is 0. The molecule has 0 bridgehead atoms. The molecule has 0 fully saturated rings. The lowest BCUT2D eigenvalue weighted by Crippen LogP contribution is -1.89. The van der Waals surface area contributed by atoms with Crippen molar-refractivity contribution in [3.05, 3.63) is 35.8 Å². The van der Waals surface area contributed by atoms with Crippen molar-refractivity contribution in [3.63, 3.8) is 0 Å². The van der Waals surface area contributed by atoms with Gasteiger partial charge < -0.3 is 4.40 Å². The Morgan fingerprint density at radius 2 is 2.23 bits per heavy atom. The van der Waals surface area contributed by atoms with Crippen LogP contribution in [0.15, 0.2) is 24.4 Å². The van der Waals surface area contributed by atoms with Gasteiger partial charge in [0.1, 0.15) is 5.65 Å². The van der Waals surface area contributed by atoms with E-state index in [0.29, 0.717) is 0 Å². The Morgan fingerprint density at radius 3 is 2.85 bits per heavy atom. The van der Waals surface area contributed by atoms with Crippen molar-refractivity contribution in [2.24, 2.45) is 0 Å². The molecule has 0 N–H and O–H groups in total. The Labute approximate surface area is 82.2 Å². The van der Waals surface area contributed by atoms with Gasteiger partial charge in [-0.1, -0.05) is 6.07 Å². The SMILES string of the molecule is Cc1c(C(C)Cl)nc2ccccn12. The molecule has 0 saturated carbocycles. The third-order valence-corrected chi connectivity index (χ3v) is 2.39. The number of hydrogen-bond acceptors (Lipinski definition) is 1. The van der Waals surface area contributed by atoms with Gasteiger partial charge in [0.15, 0.2) is 0 Å². The van der Waals surface area contributed by atoms with E-state index in [1.807, 2.05) is 42.6 Å². The van der Waals surface area contributed by atoms with Gasteiger partial charge >= 0.3 is 0 Å². The quantitative estimate of drug-likeness (QED) is 0.638. The number of aromatic nitrogens is 2. The molecule has 2 heterocycles. The summed E-state index contributed by atoms with van der Waals surface area (Å²) >= 11 is 6.00. The summed E-state index contributed by atoms with van der Waals surface area (Å²) in [4.78, 5) is 4.44. The highest BCUT2D eigenvalue weighted by Crippen LogP contribution is 2.22. The lowest BCUT2D eigenvalue weighted by molar-refractivity contribution is 0.987. The number of alkyl halides is 1. The van der Waals surface area contributed by atoms with Crippen molar-refractivity contribution in [3.8, 4) is 0 Å². The average molecular weight is 195 g/mol. The van der Waals surface area contributed by atoms with Crippen LogP contribution >= 0.6 is 11.6 Å². The van der Waals surface area contributed by atoms with Gasteiger partial charge in [0.2, 0.25) is 0 Å². The standard InChI is InChI=1S/C10H11ClN2/c1-7(11)10-8(2)13-6-4-3-5-9(13)12-10/h3-7H,1-2H3. The maximum Gasteiger partial charge on any atom is 0.137 e. The third kappa shape index (κ3) is 1.31. The molecule has 0 saturated heterocycles. The molecule has 0 aliphatic heterocycles. The molecule has 2 aromatic rings. The predicted molar refractivity (Wildman–Crippen MR) is 54.2 cm³/mol. The first kappa shape index (κ1) is 8.57. The number of pyridine rings is 1. The summed E-state index contributed by atoms with van der Waals surface area (Å²) in [6.45, 7) is 3.98. The molecule has 3 heteroatoms.